The van der Waals surface area contributed by atoms with E-state index in [9.17, 15) is 60.7 Å². The van der Waals surface area contributed by atoms with E-state index >= 15 is 0 Å². The highest BCUT2D eigenvalue weighted by Gasteiger charge is 2.51. The standard InChI is InChI=1S/C48H75NO17.ClH/c1-28-18-16-14-12-10-8-6-7-9-11-13-15-17-19-35(65-47-45(59)42(49)44(58)31(4)64-47)25-39-41(46(60)62-5)38(55)27-48(61,66-39)26-34(52)23-37(54)36(53)21-20-32(50)22-33(51)24-40(56)63-30(3)29(2)43(28)57;/h6-19,28-39,41-45,47,50-55,57-59,61H,20-27,49H2,1-5H3;1H/b7-6+,10-8+,11-9+,14-12+,15-13+,18-16+,19-17+;. The Morgan fingerprint density at radius 1 is 0.672 bits per heavy atom. The summed E-state index contributed by atoms with van der Waals surface area (Å²) in [5.74, 6) is -5.93. The molecule has 19 atom stereocenters. The Hall–Kier alpha value is -3.15. The van der Waals surface area contributed by atoms with Crippen LogP contribution in [-0.4, -0.2) is 168 Å². The Balaban J connectivity index is 0.0000154. The molecule has 19 unspecified atom stereocenters. The molecule has 2 fully saturated rings. The molecule has 12 N–H and O–H groups in total. The van der Waals surface area contributed by atoms with Crippen molar-refractivity contribution in [1.82, 2.24) is 0 Å². The van der Waals surface area contributed by atoms with E-state index < -0.39 is 147 Å². The topological polar surface area (TPSA) is 309 Å². The van der Waals surface area contributed by atoms with Gasteiger partial charge >= 0.3 is 11.9 Å². The van der Waals surface area contributed by atoms with E-state index in [1.807, 2.05) is 37.3 Å². The molecular formula is C48H76ClNO17. The maximum absolute atomic E-state index is 13.1. The number of allylic oxidation sites excluding steroid dienone is 12. The van der Waals surface area contributed by atoms with Crippen molar-refractivity contribution >= 4 is 24.3 Å². The summed E-state index contributed by atoms with van der Waals surface area (Å²) in [5.41, 5.74) is 6.05. The van der Waals surface area contributed by atoms with E-state index in [4.69, 9.17) is 29.4 Å². The number of carbonyl (C=O) groups excluding carboxylic acids is 2. The third-order valence-electron chi connectivity index (χ3n) is 12.2. The lowest BCUT2D eigenvalue weighted by Crippen LogP contribution is -2.61. The van der Waals surface area contributed by atoms with Crippen molar-refractivity contribution in [2.24, 2.45) is 23.5 Å². The summed E-state index contributed by atoms with van der Waals surface area (Å²) < 4.78 is 28.4. The second kappa shape index (κ2) is 29.8. The minimum Gasteiger partial charge on any atom is -0.469 e. The number of hydrogen-bond acceptors (Lipinski definition) is 18. The third-order valence-corrected chi connectivity index (χ3v) is 12.2. The molecule has 3 aliphatic heterocycles. The van der Waals surface area contributed by atoms with Gasteiger partial charge in [0.25, 0.3) is 0 Å². The number of hydrogen-bond donors (Lipinski definition) is 11. The summed E-state index contributed by atoms with van der Waals surface area (Å²) in [5, 5.41) is 109. The highest BCUT2D eigenvalue weighted by molar-refractivity contribution is 5.85. The number of fused-ring (bicyclic) bond motifs is 2. The fourth-order valence-corrected chi connectivity index (χ4v) is 8.09. The lowest BCUT2D eigenvalue weighted by atomic mass is 9.82. The smallest absolute Gasteiger partial charge is 0.313 e. The van der Waals surface area contributed by atoms with Crippen molar-refractivity contribution in [3.8, 4) is 0 Å². The van der Waals surface area contributed by atoms with Crippen LogP contribution in [0.5, 0.6) is 0 Å². The first-order chi connectivity index (χ1) is 31.2. The number of aliphatic hydroxyl groups excluding tert-OH is 9. The number of aliphatic hydroxyl groups is 10. The SMILES string of the molecule is COC(=O)C1C(O)CC2(O)CC(O)CC(O)C(O)CCC(O)CC(O)CC(=O)OC(C)C(C)C(O)C(C)/C=C/C=C/C=C/C=C/C=C/C=C/C=C/C(OC3OC(C)C(O)C(N)C3O)CC1O2.Cl. The molecule has 0 aromatic rings. The number of ether oxygens (including phenoxy) is 5. The van der Waals surface area contributed by atoms with E-state index in [1.54, 1.807) is 75.5 Å². The Kier molecular flexibility index (Phi) is 26.7. The average Bonchev–Trinajstić information content (AvgIpc) is 3.24. The third kappa shape index (κ3) is 20.0. The largest absolute Gasteiger partial charge is 0.469 e. The number of halogens is 1. The maximum Gasteiger partial charge on any atom is 0.313 e. The van der Waals surface area contributed by atoms with Crippen LogP contribution in [0.1, 0.15) is 79.1 Å². The molecule has 3 aliphatic rings. The molecule has 0 aliphatic carbocycles. The van der Waals surface area contributed by atoms with Gasteiger partial charge in [-0.15, -0.1) is 12.4 Å². The molecule has 0 aromatic carbocycles. The molecule has 0 radical (unpaired) electrons. The van der Waals surface area contributed by atoms with Gasteiger partial charge in [0.15, 0.2) is 12.1 Å². The fourth-order valence-electron chi connectivity index (χ4n) is 8.09. The second-order valence-corrected chi connectivity index (χ2v) is 17.8. The highest BCUT2D eigenvalue weighted by Crippen LogP contribution is 2.38. The van der Waals surface area contributed by atoms with E-state index in [-0.39, 0.29) is 44.0 Å². The van der Waals surface area contributed by atoms with E-state index in [1.165, 1.54) is 0 Å². The molecule has 382 valence electrons. The summed E-state index contributed by atoms with van der Waals surface area (Å²) in [4.78, 5) is 25.7. The summed E-state index contributed by atoms with van der Waals surface area (Å²) >= 11 is 0. The first-order valence-corrected chi connectivity index (χ1v) is 22.7. The van der Waals surface area contributed by atoms with Crippen LogP contribution in [0.2, 0.25) is 0 Å². The van der Waals surface area contributed by atoms with Gasteiger partial charge in [-0.05, 0) is 33.1 Å². The number of cyclic esters (lactones) is 1. The van der Waals surface area contributed by atoms with Gasteiger partial charge in [0.05, 0.1) is 86.7 Å². The van der Waals surface area contributed by atoms with Crippen molar-refractivity contribution in [2.75, 3.05) is 7.11 Å². The summed E-state index contributed by atoms with van der Waals surface area (Å²) in [6.07, 6.45) is 4.50. The van der Waals surface area contributed by atoms with Gasteiger partial charge in [-0.25, -0.2) is 0 Å². The predicted octanol–water partition coefficient (Wildman–Crippen LogP) is 1.22. The van der Waals surface area contributed by atoms with Crippen LogP contribution in [0.25, 0.3) is 0 Å². The normalized spacial score (nSPS) is 44.3. The quantitative estimate of drug-likeness (QED) is 0.177. The van der Waals surface area contributed by atoms with Gasteiger partial charge in [-0.1, -0.05) is 98.9 Å². The predicted molar refractivity (Wildman–Crippen MR) is 249 cm³/mol. The van der Waals surface area contributed by atoms with Crippen LogP contribution in [0, 0.1) is 17.8 Å². The molecule has 0 spiro atoms. The number of methoxy groups -OCH3 is 1. The van der Waals surface area contributed by atoms with Crippen LogP contribution in [-0.2, 0) is 33.3 Å². The first-order valence-electron chi connectivity index (χ1n) is 22.7. The molecule has 3 rings (SSSR count). The van der Waals surface area contributed by atoms with Crippen molar-refractivity contribution in [3.05, 3.63) is 85.1 Å². The summed E-state index contributed by atoms with van der Waals surface area (Å²) in [6, 6.07) is -1.13. The molecule has 2 saturated heterocycles. The molecule has 67 heavy (non-hydrogen) atoms. The minimum atomic E-state index is -2.27. The minimum absolute atomic E-state index is 0. The fraction of sp³-hybridized carbons (Fsp3) is 0.667. The molecule has 0 saturated carbocycles. The first kappa shape index (κ1) is 60.0. The zero-order valence-electron chi connectivity index (χ0n) is 38.9. The van der Waals surface area contributed by atoms with Gasteiger partial charge in [0.1, 0.15) is 18.1 Å². The van der Waals surface area contributed by atoms with Gasteiger partial charge in [0.2, 0.25) is 0 Å². The summed E-state index contributed by atoms with van der Waals surface area (Å²) in [6.45, 7) is 6.78. The van der Waals surface area contributed by atoms with E-state index in [2.05, 4.69) is 0 Å². The Morgan fingerprint density at radius 2 is 1.24 bits per heavy atom. The van der Waals surface area contributed by atoms with Crippen LogP contribution in [0.3, 0.4) is 0 Å². The van der Waals surface area contributed by atoms with Crippen LogP contribution in [0.4, 0.5) is 0 Å². The second-order valence-electron chi connectivity index (χ2n) is 17.8. The monoisotopic (exact) mass is 973 g/mol. The number of nitrogens with two attached hydrogens (primary N) is 1. The van der Waals surface area contributed by atoms with Crippen LogP contribution in [0.15, 0.2) is 85.1 Å². The molecular weight excluding hydrogens is 898 g/mol. The molecule has 19 heteroatoms. The van der Waals surface area contributed by atoms with E-state index in [0.717, 1.165) is 7.11 Å². The molecule has 0 amide bonds. The number of rotatable bonds is 3. The van der Waals surface area contributed by atoms with Crippen molar-refractivity contribution in [1.29, 1.82) is 0 Å². The van der Waals surface area contributed by atoms with Crippen molar-refractivity contribution in [3.63, 3.8) is 0 Å². The molecule has 3 heterocycles. The van der Waals surface area contributed by atoms with Crippen LogP contribution >= 0.6 is 12.4 Å². The zero-order valence-corrected chi connectivity index (χ0v) is 39.8. The lowest BCUT2D eigenvalue weighted by molar-refractivity contribution is -0.308. The van der Waals surface area contributed by atoms with E-state index in [0.29, 0.717) is 0 Å². The Bertz CT molecular complexity index is 1690. The van der Waals surface area contributed by atoms with Crippen LogP contribution < -0.4 is 5.73 Å². The highest BCUT2D eigenvalue weighted by atomic mass is 35.5. The Labute approximate surface area is 399 Å². The average molecular weight is 975 g/mol. The molecule has 2 bridgehead atoms. The summed E-state index contributed by atoms with van der Waals surface area (Å²) in [7, 11) is 1.12. The lowest BCUT2D eigenvalue weighted by Gasteiger charge is -2.45. The Morgan fingerprint density at radius 3 is 1.82 bits per heavy atom. The molecule has 18 nitrogen and oxygen atoms in total. The van der Waals surface area contributed by atoms with Gasteiger partial charge < -0.3 is 80.5 Å². The molecule has 0 aromatic heterocycles. The maximum atomic E-state index is 13.1. The zero-order chi connectivity index (χ0) is 49.1. The number of carbonyl (C=O) groups is 2. The van der Waals surface area contributed by atoms with Gasteiger partial charge in [-0.3, -0.25) is 9.59 Å². The van der Waals surface area contributed by atoms with Gasteiger partial charge in [0, 0.05) is 37.5 Å². The van der Waals surface area contributed by atoms with Gasteiger partial charge in [-0.2, -0.15) is 0 Å². The van der Waals surface area contributed by atoms with Crippen molar-refractivity contribution < 1.29 is 84.3 Å². The number of esters is 2. The van der Waals surface area contributed by atoms with Crippen molar-refractivity contribution in [2.45, 2.75) is 177 Å².